The number of pyridine rings is 1. The van der Waals surface area contributed by atoms with E-state index in [1.807, 2.05) is 0 Å². The lowest BCUT2D eigenvalue weighted by atomic mass is 10.1. The molecule has 0 fully saturated rings. The molecule has 7 heteroatoms. The SMILES string of the molecule is COC(=O)c1cc(CCl)c(F)nc1C(F)F. The molecule has 0 saturated carbocycles. The van der Waals surface area contributed by atoms with Crippen molar-refractivity contribution in [3.05, 3.63) is 28.8 Å². The minimum Gasteiger partial charge on any atom is -0.465 e. The zero-order valence-electron chi connectivity index (χ0n) is 8.14. The summed E-state index contributed by atoms with van der Waals surface area (Å²) >= 11 is 5.36. The maximum Gasteiger partial charge on any atom is 0.339 e. The number of ether oxygens (including phenoxy) is 1. The summed E-state index contributed by atoms with van der Waals surface area (Å²) in [5, 5.41) is 0. The van der Waals surface area contributed by atoms with Crippen molar-refractivity contribution < 1.29 is 22.7 Å². The van der Waals surface area contributed by atoms with Gasteiger partial charge in [-0.1, -0.05) is 0 Å². The number of hydrogen-bond acceptors (Lipinski definition) is 3. The van der Waals surface area contributed by atoms with Gasteiger partial charge in [0.15, 0.2) is 0 Å². The van der Waals surface area contributed by atoms with Crippen LogP contribution in [0.15, 0.2) is 6.07 Å². The van der Waals surface area contributed by atoms with E-state index < -0.39 is 29.6 Å². The van der Waals surface area contributed by atoms with E-state index in [-0.39, 0.29) is 11.4 Å². The highest BCUT2D eigenvalue weighted by Gasteiger charge is 2.23. The van der Waals surface area contributed by atoms with E-state index in [0.717, 1.165) is 13.2 Å². The molecule has 0 bridgehead atoms. The quantitative estimate of drug-likeness (QED) is 0.472. The molecule has 1 aromatic rings. The summed E-state index contributed by atoms with van der Waals surface area (Å²) in [5.41, 5.74) is -1.56. The number of carbonyl (C=O) groups is 1. The second-order valence-corrected chi connectivity index (χ2v) is 3.06. The molecule has 0 amide bonds. The number of aromatic nitrogens is 1. The number of alkyl halides is 3. The molecule has 0 saturated heterocycles. The van der Waals surface area contributed by atoms with E-state index in [1.165, 1.54) is 0 Å². The summed E-state index contributed by atoms with van der Waals surface area (Å²) in [4.78, 5) is 14.2. The van der Waals surface area contributed by atoms with E-state index >= 15 is 0 Å². The lowest BCUT2D eigenvalue weighted by Crippen LogP contribution is -2.11. The summed E-state index contributed by atoms with van der Waals surface area (Å²) in [6.07, 6.45) is -3.06. The van der Waals surface area contributed by atoms with Crippen molar-refractivity contribution in [2.45, 2.75) is 12.3 Å². The van der Waals surface area contributed by atoms with Crippen LogP contribution in [0.2, 0.25) is 0 Å². The molecule has 0 spiro atoms. The fourth-order valence-corrected chi connectivity index (χ4v) is 1.27. The Hall–Kier alpha value is -1.30. The number of rotatable bonds is 3. The molecule has 0 N–H and O–H groups in total. The number of methoxy groups -OCH3 is 1. The van der Waals surface area contributed by atoms with Crippen LogP contribution >= 0.6 is 11.6 Å². The van der Waals surface area contributed by atoms with Gasteiger partial charge in [0.2, 0.25) is 5.95 Å². The van der Waals surface area contributed by atoms with Gasteiger partial charge in [-0.2, -0.15) is 4.39 Å². The van der Waals surface area contributed by atoms with Crippen molar-refractivity contribution in [2.75, 3.05) is 7.11 Å². The van der Waals surface area contributed by atoms with Gasteiger partial charge in [-0.05, 0) is 6.07 Å². The van der Waals surface area contributed by atoms with Gasteiger partial charge in [0.25, 0.3) is 6.43 Å². The second kappa shape index (κ2) is 5.16. The molecular formula is C9H7ClF3NO2. The number of carbonyl (C=O) groups excluding carboxylic acids is 1. The van der Waals surface area contributed by atoms with Crippen LogP contribution in [0.3, 0.4) is 0 Å². The first-order valence-corrected chi connectivity index (χ1v) is 4.66. The summed E-state index contributed by atoms with van der Waals surface area (Å²) in [7, 11) is 1.03. The first-order chi connectivity index (χ1) is 7.51. The number of halogens is 4. The first kappa shape index (κ1) is 12.8. The predicted molar refractivity (Wildman–Crippen MR) is 50.0 cm³/mol. The van der Waals surface area contributed by atoms with Crippen LogP contribution in [0.5, 0.6) is 0 Å². The molecule has 16 heavy (non-hydrogen) atoms. The summed E-state index contributed by atoms with van der Waals surface area (Å²) < 4.78 is 42.3. The van der Waals surface area contributed by atoms with E-state index in [2.05, 4.69) is 9.72 Å². The first-order valence-electron chi connectivity index (χ1n) is 4.13. The topological polar surface area (TPSA) is 39.2 Å². The third kappa shape index (κ3) is 2.44. The highest BCUT2D eigenvalue weighted by atomic mass is 35.5. The molecule has 0 aliphatic rings. The van der Waals surface area contributed by atoms with Gasteiger partial charge in [0.05, 0.1) is 18.6 Å². The Morgan fingerprint density at radius 1 is 1.62 bits per heavy atom. The van der Waals surface area contributed by atoms with Gasteiger partial charge in [0, 0.05) is 5.56 Å². The minimum absolute atomic E-state index is 0.133. The molecule has 0 atom stereocenters. The second-order valence-electron chi connectivity index (χ2n) is 2.80. The Labute approximate surface area is 94.2 Å². The summed E-state index contributed by atoms with van der Waals surface area (Å²) in [6, 6.07) is 0.919. The molecule has 0 unspecified atom stereocenters. The molecule has 0 aliphatic heterocycles. The van der Waals surface area contributed by atoms with Gasteiger partial charge in [0.1, 0.15) is 5.69 Å². The van der Waals surface area contributed by atoms with Crippen molar-refractivity contribution in [3.8, 4) is 0 Å². The predicted octanol–water partition coefficient (Wildman–Crippen LogP) is 2.68. The van der Waals surface area contributed by atoms with Crippen LogP contribution in [0.4, 0.5) is 13.2 Å². The zero-order chi connectivity index (χ0) is 12.3. The Morgan fingerprint density at radius 2 is 2.25 bits per heavy atom. The van der Waals surface area contributed by atoms with Gasteiger partial charge in [-0.3, -0.25) is 0 Å². The highest BCUT2D eigenvalue weighted by molar-refractivity contribution is 6.17. The fourth-order valence-electron chi connectivity index (χ4n) is 1.08. The molecule has 0 aliphatic carbocycles. The standard InChI is InChI=1S/C9H7ClF3NO2/c1-16-9(15)5-2-4(3-10)8(13)14-6(5)7(11)12/h2,7H,3H2,1H3. The maximum atomic E-state index is 13.1. The molecule has 0 aromatic carbocycles. The van der Waals surface area contributed by atoms with Gasteiger partial charge < -0.3 is 4.74 Å². The van der Waals surface area contributed by atoms with Crippen LogP contribution in [0.1, 0.15) is 28.0 Å². The molecule has 1 heterocycles. The Morgan fingerprint density at radius 3 is 2.69 bits per heavy atom. The lowest BCUT2D eigenvalue weighted by molar-refractivity contribution is 0.0586. The summed E-state index contributed by atoms with van der Waals surface area (Å²) in [6.45, 7) is 0. The average molecular weight is 254 g/mol. The molecule has 3 nitrogen and oxygen atoms in total. The average Bonchev–Trinajstić information content (AvgIpc) is 2.27. The van der Waals surface area contributed by atoms with Crippen molar-refractivity contribution in [3.63, 3.8) is 0 Å². The van der Waals surface area contributed by atoms with Crippen molar-refractivity contribution >= 4 is 17.6 Å². The van der Waals surface area contributed by atoms with Crippen LogP contribution < -0.4 is 0 Å². The Balaban J connectivity index is 3.36. The molecular weight excluding hydrogens is 247 g/mol. The highest BCUT2D eigenvalue weighted by Crippen LogP contribution is 2.24. The molecule has 1 rings (SSSR count). The van der Waals surface area contributed by atoms with Crippen LogP contribution in [-0.2, 0) is 10.6 Å². The van der Waals surface area contributed by atoms with Crippen molar-refractivity contribution in [1.82, 2.24) is 4.98 Å². The minimum atomic E-state index is -3.06. The summed E-state index contributed by atoms with van der Waals surface area (Å²) in [5.74, 6) is -2.39. The molecule has 88 valence electrons. The number of nitrogens with zero attached hydrogens (tertiary/aromatic N) is 1. The van der Waals surface area contributed by atoms with Crippen LogP contribution in [0, 0.1) is 5.95 Å². The Kier molecular flexibility index (Phi) is 4.12. The van der Waals surface area contributed by atoms with Crippen LogP contribution in [0.25, 0.3) is 0 Å². The largest absolute Gasteiger partial charge is 0.465 e. The van der Waals surface area contributed by atoms with E-state index in [4.69, 9.17) is 11.6 Å². The van der Waals surface area contributed by atoms with E-state index in [0.29, 0.717) is 0 Å². The smallest absolute Gasteiger partial charge is 0.339 e. The maximum absolute atomic E-state index is 13.1. The fraction of sp³-hybridized carbons (Fsp3) is 0.333. The van der Waals surface area contributed by atoms with Gasteiger partial charge in [-0.15, -0.1) is 11.6 Å². The van der Waals surface area contributed by atoms with E-state index in [1.54, 1.807) is 0 Å². The monoisotopic (exact) mass is 253 g/mol. The normalized spacial score (nSPS) is 10.6. The third-order valence-electron chi connectivity index (χ3n) is 1.83. The molecule has 1 aromatic heterocycles. The van der Waals surface area contributed by atoms with Crippen molar-refractivity contribution in [2.24, 2.45) is 0 Å². The van der Waals surface area contributed by atoms with Crippen LogP contribution in [-0.4, -0.2) is 18.1 Å². The van der Waals surface area contributed by atoms with E-state index in [9.17, 15) is 18.0 Å². The van der Waals surface area contributed by atoms with Gasteiger partial charge in [-0.25, -0.2) is 18.6 Å². The van der Waals surface area contributed by atoms with Crippen molar-refractivity contribution in [1.29, 1.82) is 0 Å². The zero-order valence-corrected chi connectivity index (χ0v) is 8.89. The van der Waals surface area contributed by atoms with Gasteiger partial charge >= 0.3 is 5.97 Å². The molecule has 0 radical (unpaired) electrons. The number of hydrogen-bond donors (Lipinski definition) is 0. The third-order valence-corrected chi connectivity index (χ3v) is 2.12. The lowest BCUT2D eigenvalue weighted by Gasteiger charge is -2.08. The number of esters is 1. The Bertz CT molecular complexity index is 412.